The summed E-state index contributed by atoms with van der Waals surface area (Å²) in [6.45, 7) is 3.50. The number of nitrogens with zero attached hydrogens (tertiary/aromatic N) is 2. The van der Waals surface area contributed by atoms with Crippen LogP contribution >= 0.6 is 23.2 Å². The lowest BCUT2D eigenvalue weighted by Gasteiger charge is -2.24. The minimum Gasteiger partial charge on any atom is -0.464 e. The number of benzene rings is 1. The third-order valence-electron chi connectivity index (χ3n) is 3.51. The summed E-state index contributed by atoms with van der Waals surface area (Å²) in [4.78, 5) is 23.9. The van der Waals surface area contributed by atoms with Gasteiger partial charge in [-0.25, -0.2) is 4.79 Å². The van der Waals surface area contributed by atoms with Crippen molar-refractivity contribution in [3.8, 4) is 0 Å². The molecule has 0 aliphatic rings. The number of rotatable bonds is 4. The number of halogens is 2. The highest BCUT2D eigenvalue weighted by Crippen LogP contribution is 2.30. The van der Waals surface area contributed by atoms with Crippen LogP contribution in [0, 0.1) is 0 Å². The lowest BCUT2D eigenvalue weighted by Crippen LogP contribution is -2.35. The average Bonchev–Trinajstić information content (AvgIpc) is 2.57. The highest BCUT2D eigenvalue weighted by Gasteiger charge is 2.30. The zero-order valence-electron chi connectivity index (χ0n) is 13.3. The van der Waals surface area contributed by atoms with Crippen molar-refractivity contribution in [3.63, 3.8) is 0 Å². The van der Waals surface area contributed by atoms with E-state index in [0.29, 0.717) is 15.6 Å². The molecule has 0 radical (unpaired) electrons. The Balaban J connectivity index is 2.18. The molecule has 0 saturated carbocycles. The molecule has 0 unspecified atom stereocenters. The number of aromatic nitrogens is 2. The molecule has 0 bridgehead atoms. The van der Waals surface area contributed by atoms with Gasteiger partial charge in [-0.05, 0) is 43.7 Å². The third kappa shape index (κ3) is 3.83. The van der Waals surface area contributed by atoms with Crippen LogP contribution in [0.1, 0.15) is 29.9 Å². The first-order valence-corrected chi connectivity index (χ1v) is 7.70. The molecule has 1 heterocycles. The van der Waals surface area contributed by atoms with Crippen molar-refractivity contribution in [1.82, 2.24) is 10.2 Å². The maximum atomic E-state index is 12.6. The van der Waals surface area contributed by atoms with Crippen molar-refractivity contribution < 1.29 is 14.3 Å². The van der Waals surface area contributed by atoms with Crippen LogP contribution in [0.3, 0.4) is 0 Å². The van der Waals surface area contributed by atoms with E-state index in [2.05, 4.69) is 20.3 Å². The molecule has 0 aliphatic carbocycles. The van der Waals surface area contributed by atoms with Crippen LogP contribution in [-0.4, -0.2) is 29.2 Å². The van der Waals surface area contributed by atoms with Gasteiger partial charge in [0.15, 0.2) is 11.5 Å². The van der Waals surface area contributed by atoms with Crippen LogP contribution < -0.4 is 5.32 Å². The fourth-order valence-electron chi connectivity index (χ4n) is 1.90. The van der Waals surface area contributed by atoms with Gasteiger partial charge in [-0.1, -0.05) is 29.3 Å². The molecule has 0 fully saturated rings. The standard InChI is InChI=1S/C16H15Cl2N3O3/c1-16(2,9-4-5-10(17)11(18)8-9)15(23)19-13-7-6-12(20-21-13)14(22)24-3/h4-8H,1-3H3,(H,19,21,23). The molecule has 6 nitrogen and oxygen atoms in total. The van der Waals surface area contributed by atoms with Crippen LogP contribution in [-0.2, 0) is 14.9 Å². The molecule has 0 aliphatic heterocycles. The van der Waals surface area contributed by atoms with Gasteiger partial charge in [0.2, 0.25) is 5.91 Å². The van der Waals surface area contributed by atoms with Gasteiger partial charge in [0.05, 0.1) is 22.6 Å². The molecular formula is C16H15Cl2N3O3. The first-order chi connectivity index (χ1) is 11.3. The Morgan fingerprint density at radius 1 is 1.08 bits per heavy atom. The second-order valence-electron chi connectivity index (χ2n) is 5.50. The predicted molar refractivity (Wildman–Crippen MR) is 91.5 cm³/mol. The third-order valence-corrected chi connectivity index (χ3v) is 4.25. The molecule has 1 amide bonds. The number of esters is 1. The van der Waals surface area contributed by atoms with Crippen LogP contribution in [0.5, 0.6) is 0 Å². The van der Waals surface area contributed by atoms with Crippen molar-refractivity contribution in [2.75, 3.05) is 12.4 Å². The lowest BCUT2D eigenvalue weighted by atomic mass is 9.84. The number of hydrogen-bond acceptors (Lipinski definition) is 5. The van der Waals surface area contributed by atoms with Gasteiger partial charge >= 0.3 is 5.97 Å². The minimum absolute atomic E-state index is 0.0549. The van der Waals surface area contributed by atoms with E-state index in [1.54, 1.807) is 32.0 Å². The summed E-state index contributed by atoms with van der Waals surface area (Å²) in [5.74, 6) is -0.682. The van der Waals surface area contributed by atoms with Gasteiger partial charge in [0, 0.05) is 0 Å². The van der Waals surface area contributed by atoms with Crippen LogP contribution in [0.4, 0.5) is 5.82 Å². The average molecular weight is 368 g/mol. The first kappa shape index (κ1) is 18.2. The minimum atomic E-state index is -0.878. The van der Waals surface area contributed by atoms with Gasteiger partial charge in [-0.15, -0.1) is 10.2 Å². The molecule has 0 spiro atoms. The second kappa shape index (κ2) is 7.15. The van der Waals surface area contributed by atoms with E-state index in [-0.39, 0.29) is 17.4 Å². The maximum Gasteiger partial charge on any atom is 0.358 e. The molecule has 126 valence electrons. The Bertz CT molecular complexity index is 777. The fraction of sp³-hybridized carbons (Fsp3) is 0.250. The zero-order valence-corrected chi connectivity index (χ0v) is 14.8. The van der Waals surface area contributed by atoms with Gasteiger partial charge in [-0.3, -0.25) is 4.79 Å². The summed E-state index contributed by atoms with van der Waals surface area (Å²) < 4.78 is 4.54. The normalized spacial score (nSPS) is 11.0. The summed E-state index contributed by atoms with van der Waals surface area (Å²) >= 11 is 11.9. The molecule has 1 aromatic heterocycles. The Morgan fingerprint density at radius 3 is 2.33 bits per heavy atom. The van der Waals surface area contributed by atoms with Gasteiger partial charge in [-0.2, -0.15) is 0 Å². The summed E-state index contributed by atoms with van der Waals surface area (Å²) in [6, 6.07) is 7.91. The number of ether oxygens (including phenoxy) is 1. The summed E-state index contributed by atoms with van der Waals surface area (Å²) in [6.07, 6.45) is 0. The molecule has 2 rings (SSSR count). The molecule has 1 N–H and O–H groups in total. The monoisotopic (exact) mass is 367 g/mol. The molecule has 0 saturated heterocycles. The summed E-state index contributed by atoms with van der Waals surface area (Å²) in [7, 11) is 1.25. The van der Waals surface area contributed by atoms with Crippen molar-refractivity contribution in [1.29, 1.82) is 0 Å². The topological polar surface area (TPSA) is 81.2 Å². The van der Waals surface area contributed by atoms with E-state index >= 15 is 0 Å². The van der Waals surface area contributed by atoms with Crippen LogP contribution in [0.15, 0.2) is 30.3 Å². The summed E-state index contributed by atoms with van der Waals surface area (Å²) in [5, 5.41) is 10.9. The number of amides is 1. The highest BCUT2D eigenvalue weighted by atomic mass is 35.5. The van der Waals surface area contributed by atoms with Crippen molar-refractivity contribution >= 4 is 40.9 Å². The lowest BCUT2D eigenvalue weighted by molar-refractivity contribution is -0.120. The summed E-state index contributed by atoms with van der Waals surface area (Å²) in [5.41, 5.74) is -0.121. The Kier molecular flexibility index (Phi) is 5.41. The second-order valence-corrected chi connectivity index (χ2v) is 6.32. The highest BCUT2D eigenvalue weighted by molar-refractivity contribution is 6.42. The number of nitrogens with one attached hydrogen (secondary N) is 1. The SMILES string of the molecule is COC(=O)c1ccc(NC(=O)C(C)(C)c2ccc(Cl)c(Cl)c2)nn1. The Morgan fingerprint density at radius 2 is 1.79 bits per heavy atom. The van der Waals surface area contributed by atoms with Crippen molar-refractivity contribution in [2.24, 2.45) is 0 Å². The largest absolute Gasteiger partial charge is 0.464 e. The molecule has 8 heteroatoms. The number of carbonyl (C=O) groups is 2. The van der Waals surface area contributed by atoms with E-state index in [0.717, 1.165) is 0 Å². The maximum absolute atomic E-state index is 12.6. The molecule has 1 aromatic carbocycles. The van der Waals surface area contributed by atoms with E-state index in [1.165, 1.54) is 19.2 Å². The Labute approximate surface area is 149 Å². The van der Waals surface area contributed by atoms with E-state index in [4.69, 9.17) is 23.2 Å². The Hall–Kier alpha value is -2.18. The number of hydrogen-bond donors (Lipinski definition) is 1. The van der Waals surface area contributed by atoms with E-state index in [9.17, 15) is 9.59 Å². The smallest absolute Gasteiger partial charge is 0.358 e. The number of carbonyl (C=O) groups excluding carboxylic acids is 2. The molecular weight excluding hydrogens is 353 g/mol. The number of anilines is 1. The van der Waals surface area contributed by atoms with Gasteiger partial charge < -0.3 is 10.1 Å². The van der Waals surface area contributed by atoms with Gasteiger partial charge in [0.25, 0.3) is 0 Å². The molecule has 24 heavy (non-hydrogen) atoms. The first-order valence-electron chi connectivity index (χ1n) is 6.94. The van der Waals surface area contributed by atoms with Crippen molar-refractivity contribution in [3.05, 3.63) is 51.6 Å². The predicted octanol–water partition coefficient (Wildman–Crippen LogP) is 3.49. The van der Waals surface area contributed by atoms with Crippen LogP contribution in [0.2, 0.25) is 10.0 Å². The zero-order chi connectivity index (χ0) is 17.9. The van der Waals surface area contributed by atoms with Crippen molar-refractivity contribution in [2.45, 2.75) is 19.3 Å². The van der Waals surface area contributed by atoms with Crippen LogP contribution in [0.25, 0.3) is 0 Å². The van der Waals surface area contributed by atoms with Gasteiger partial charge in [0.1, 0.15) is 0 Å². The quantitative estimate of drug-likeness (QED) is 0.836. The number of methoxy groups -OCH3 is 1. The molecule has 0 atom stereocenters. The van der Waals surface area contributed by atoms with E-state index < -0.39 is 11.4 Å². The fourth-order valence-corrected chi connectivity index (χ4v) is 2.20. The molecule has 2 aromatic rings. The van der Waals surface area contributed by atoms with E-state index in [1.807, 2.05) is 0 Å².